The van der Waals surface area contributed by atoms with Crippen molar-refractivity contribution in [1.82, 2.24) is 15.3 Å². The number of fused-ring (bicyclic) bond motifs is 6. The zero-order valence-corrected chi connectivity index (χ0v) is 43.3. The lowest BCUT2D eigenvalue weighted by Gasteiger charge is -2.59. The van der Waals surface area contributed by atoms with Crippen LogP contribution in [0.4, 0.5) is 10.5 Å². The molecule has 0 aromatic heterocycles. The molecule has 0 spiro atoms. The Morgan fingerprint density at radius 3 is 2.33 bits per heavy atom. The van der Waals surface area contributed by atoms with Crippen molar-refractivity contribution in [1.29, 1.82) is 0 Å². The van der Waals surface area contributed by atoms with Crippen LogP contribution in [0.25, 0.3) is 0 Å². The van der Waals surface area contributed by atoms with Gasteiger partial charge in [0.25, 0.3) is 11.8 Å². The Balaban J connectivity index is 0.962. The minimum absolute atomic E-state index is 0.00848. The van der Waals surface area contributed by atoms with Crippen LogP contribution in [0.1, 0.15) is 111 Å². The molecule has 3 N–H and O–H groups in total. The Morgan fingerprint density at radius 2 is 1.67 bits per heavy atom. The fraction of sp³-hybridized carbons (Fsp3) is 0.640. The number of esters is 1. The summed E-state index contributed by atoms with van der Waals surface area (Å²) in [4.78, 5) is 112. The lowest BCUT2D eigenvalue weighted by atomic mass is 9.72. The largest absolute Gasteiger partial charge is 0.495 e. The standard InChI is InChI=1S/C50H65ClN4O16S/c1-28-10-8-11-35(56)50(65)25-37(69-46(64)52-50)49(5)27-48(4,71-49)36(24-40(59)53(6)32-21-30(20-28)22-33(66-7)42(32)51)68-45(63)47(2,3)67-18-9-19-72-34-23-41(60)54(43(34)61)26-29-12-14-31(15-13-29)44(62)70-55-38(57)16-17-39(55)58/h8,10-11,21-22,29,31,34-37,56,65H,9,12-20,23-27H2,1-7H3,(H,52,64)/b11-8+,28-10+/t29-,31-,34?,35-,36+,37+,48-,49?,50+/m1/s1. The van der Waals surface area contributed by atoms with E-state index < -0.39 is 87.8 Å². The molecule has 8 rings (SSSR count). The number of hydroxylamine groups is 2. The van der Waals surface area contributed by atoms with Crippen LogP contribution in [0.5, 0.6) is 5.75 Å². The highest BCUT2D eigenvalue weighted by molar-refractivity contribution is 8.00. The highest BCUT2D eigenvalue weighted by Gasteiger charge is 2.63. The second-order valence-electron chi connectivity index (χ2n) is 20.6. The molecular formula is C50H65ClN4O16S. The van der Waals surface area contributed by atoms with Crippen LogP contribution in [0.2, 0.25) is 5.02 Å². The van der Waals surface area contributed by atoms with Gasteiger partial charge in [-0.2, -0.15) is 0 Å². The fourth-order valence-electron chi connectivity index (χ4n) is 10.2. The van der Waals surface area contributed by atoms with Gasteiger partial charge in [-0.05, 0) is 103 Å². The summed E-state index contributed by atoms with van der Waals surface area (Å²) >= 11 is 8.11. The molecule has 1 aromatic carbocycles. The summed E-state index contributed by atoms with van der Waals surface area (Å²) < 4.78 is 29.9. The molecule has 0 radical (unpaired) electrons. The number of carbonyl (C=O) groups excluding carboxylic acids is 8. The number of nitrogens with zero attached hydrogens (tertiary/aromatic N) is 3. The molecular weight excluding hydrogens is 980 g/mol. The molecule has 1 saturated carbocycles. The first-order valence-corrected chi connectivity index (χ1v) is 25.7. The number of amides is 6. The second kappa shape index (κ2) is 21.8. The Morgan fingerprint density at radius 1 is 0.986 bits per heavy atom. The summed E-state index contributed by atoms with van der Waals surface area (Å²) in [5, 5.41) is 25.2. The van der Waals surface area contributed by atoms with Gasteiger partial charge in [0.15, 0.2) is 11.3 Å². The van der Waals surface area contributed by atoms with E-state index in [1.807, 2.05) is 6.92 Å². The Kier molecular flexibility index (Phi) is 16.6. The highest BCUT2D eigenvalue weighted by atomic mass is 35.5. The first-order valence-electron chi connectivity index (χ1n) is 24.3. The molecule has 1 aliphatic carbocycles. The second-order valence-corrected chi connectivity index (χ2v) is 22.3. The van der Waals surface area contributed by atoms with Crippen molar-refractivity contribution in [2.75, 3.05) is 38.0 Å². The molecule has 2 unspecified atom stereocenters. The van der Waals surface area contributed by atoms with Crippen LogP contribution >= 0.6 is 23.4 Å². The number of ether oxygens (including phenoxy) is 5. The van der Waals surface area contributed by atoms with Crippen molar-refractivity contribution < 1.29 is 77.1 Å². The van der Waals surface area contributed by atoms with Crippen LogP contribution in [-0.2, 0) is 63.8 Å². The van der Waals surface area contributed by atoms with Gasteiger partial charge in [-0.15, -0.1) is 16.8 Å². The van der Waals surface area contributed by atoms with E-state index in [0.717, 1.165) is 11.1 Å². The molecule has 6 aliphatic heterocycles. The van der Waals surface area contributed by atoms with Gasteiger partial charge in [0.2, 0.25) is 17.7 Å². The van der Waals surface area contributed by atoms with Crippen molar-refractivity contribution in [2.45, 2.75) is 158 Å². The summed E-state index contributed by atoms with van der Waals surface area (Å²) in [7, 11) is 3.00. The maximum Gasteiger partial charge on any atom is 0.409 e. The molecule has 7 atom stereocenters. The van der Waals surface area contributed by atoms with E-state index in [0.29, 0.717) is 60.8 Å². The molecule has 6 amide bonds. The highest BCUT2D eigenvalue weighted by Crippen LogP contribution is 2.51. The quantitative estimate of drug-likeness (QED) is 0.138. The van der Waals surface area contributed by atoms with Gasteiger partial charge >= 0.3 is 18.0 Å². The number of benzene rings is 1. The number of nitrogens with one attached hydrogen (secondary N) is 1. The Labute approximate surface area is 427 Å². The predicted octanol–water partition coefficient (Wildman–Crippen LogP) is 4.62. The molecule has 7 aliphatic rings. The number of likely N-dealkylation sites (tertiary alicyclic amines) is 1. The normalized spacial score (nSPS) is 32.6. The fourth-order valence-corrected chi connectivity index (χ4v) is 11.6. The Bertz CT molecular complexity index is 2380. The minimum Gasteiger partial charge on any atom is -0.495 e. The summed E-state index contributed by atoms with van der Waals surface area (Å²) in [5.41, 5.74) is -4.33. The number of allylic oxidation sites excluding steroid dienone is 3. The van der Waals surface area contributed by atoms with Crippen LogP contribution in [0.3, 0.4) is 0 Å². The third-order valence-electron chi connectivity index (χ3n) is 14.5. The number of carbonyl (C=O) groups is 8. The zero-order valence-electron chi connectivity index (χ0n) is 41.7. The van der Waals surface area contributed by atoms with E-state index >= 15 is 0 Å². The SMILES string of the molecule is COc1cc2cc(c1Cl)N(C)C(=O)C[C@H](OC(=O)C(C)(C)OCCCSC1CC(=O)N(C[C@H]3CC[C@H](C(=O)ON4C(=O)CCC4=O)CC3)C1=O)[C@@]1(C)CC(C)(O1)[C@@H]1C[C@@](O)(NC(=O)O1)[C@H](O)/C=C/C=C(\C)C2. The molecule has 394 valence electrons. The van der Waals surface area contributed by atoms with Crippen molar-refractivity contribution >= 4 is 76.6 Å². The number of halogens is 1. The van der Waals surface area contributed by atoms with Gasteiger partial charge in [-0.1, -0.05) is 35.4 Å². The van der Waals surface area contributed by atoms with E-state index in [4.69, 9.17) is 40.1 Å². The summed E-state index contributed by atoms with van der Waals surface area (Å²) in [6.07, 6.45) is 2.14. The zero-order chi connectivity index (χ0) is 52.5. The van der Waals surface area contributed by atoms with Crippen molar-refractivity contribution in [3.05, 3.63) is 46.5 Å². The molecule has 4 saturated heterocycles. The van der Waals surface area contributed by atoms with Gasteiger partial charge in [-0.25, -0.2) is 14.4 Å². The molecule has 72 heavy (non-hydrogen) atoms. The smallest absolute Gasteiger partial charge is 0.409 e. The molecule has 1 aromatic rings. The molecule has 5 fully saturated rings. The number of thioether (sulfide) groups is 1. The number of hydrogen-bond donors (Lipinski definition) is 3. The first kappa shape index (κ1) is 54.7. The third kappa shape index (κ3) is 12.0. The van der Waals surface area contributed by atoms with Gasteiger partial charge < -0.3 is 43.6 Å². The molecule has 20 nitrogen and oxygen atoms in total. The van der Waals surface area contributed by atoms with Gasteiger partial charge in [0, 0.05) is 52.3 Å². The number of aliphatic hydroxyl groups excluding tert-OH is 1. The number of imide groups is 2. The number of hydrogen-bond acceptors (Lipinski definition) is 17. The lowest BCUT2D eigenvalue weighted by molar-refractivity contribution is -0.329. The van der Waals surface area contributed by atoms with Crippen LogP contribution in [0, 0.1) is 11.8 Å². The van der Waals surface area contributed by atoms with E-state index in [2.05, 4.69) is 5.32 Å². The van der Waals surface area contributed by atoms with Crippen molar-refractivity contribution in [2.24, 2.45) is 11.8 Å². The van der Waals surface area contributed by atoms with E-state index in [1.165, 1.54) is 48.6 Å². The van der Waals surface area contributed by atoms with E-state index in [-0.39, 0.29) is 74.4 Å². The number of methoxy groups -OCH3 is 1. The van der Waals surface area contributed by atoms with E-state index in [1.54, 1.807) is 45.2 Å². The minimum atomic E-state index is -2.13. The van der Waals surface area contributed by atoms with Crippen LogP contribution < -0.4 is 15.0 Å². The average molecular weight is 1050 g/mol. The number of rotatable bonds is 13. The molecule has 6 heterocycles. The van der Waals surface area contributed by atoms with Crippen LogP contribution in [-0.4, -0.2) is 147 Å². The maximum atomic E-state index is 14.3. The van der Waals surface area contributed by atoms with Crippen LogP contribution in [0.15, 0.2) is 35.9 Å². The molecule has 6 bridgehead atoms. The third-order valence-corrected chi connectivity index (χ3v) is 16.1. The average Bonchev–Trinajstić information content (AvgIpc) is 3.77. The van der Waals surface area contributed by atoms with E-state index in [9.17, 15) is 48.6 Å². The number of aliphatic hydroxyl groups is 2. The van der Waals surface area contributed by atoms with Gasteiger partial charge in [0.05, 0.1) is 30.4 Å². The topological polar surface area (TPSA) is 254 Å². The van der Waals surface area contributed by atoms with Crippen molar-refractivity contribution in [3.63, 3.8) is 0 Å². The summed E-state index contributed by atoms with van der Waals surface area (Å²) in [6.45, 7) is 8.55. The van der Waals surface area contributed by atoms with Gasteiger partial charge in [-0.3, -0.25) is 34.2 Å². The monoisotopic (exact) mass is 1040 g/mol. The Hall–Kier alpha value is -5.06. The summed E-state index contributed by atoms with van der Waals surface area (Å²) in [6, 6.07) is 3.50. The van der Waals surface area contributed by atoms with Crippen molar-refractivity contribution in [3.8, 4) is 5.75 Å². The number of anilines is 1. The maximum absolute atomic E-state index is 14.3. The number of alkyl carbamates (subject to hydrolysis) is 1. The lowest BCUT2D eigenvalue weighted by Crippen LogP contribution is -2.72. The first-order chi connectivity index (χ1) is 33.8. The molecule has 22 heteroatoms. The van der Waals surface area contributed by atoms with Gasteiger partial charge in [0.1, 0.15) is 40.3 Å². The summed E-state index contributed by atoms with van der Waals surface area (Å²) in [5.74, 6) is -3.32. The predicted molar refractivity (Wildman–Crippen MR) is 259 cm³/mol.